The molecule has 0 saturated carbocycles. The Morgan fingerprint density at radius 2 is 2.40 bits per heavy atom. The summed E-state index contributed by atoms with van der Waals surface area (Å²) < 4.78 is 10.1. The van der Waals surface area contributed by atoms with Crippen molar-refractivity contribution in [3.05, 3.63) is 28.3 Å². The van der Waals surface area contributed by atoms with Crippen LogP contribution in [-0.4, -0.2) is 43.7 Å². The van der Waals surface area contributed by atoms with Crippen LogP contribution in [0, 0.1) is 10.1 Å². The van der Waals surface area contributed by atoms with E-state index in [0.717, 1.165) is 0 Å². The van der Waals surface area contributed by atoms with Crippen LogP contribution >= 0.6 is 0 Å². The highest BCUT2D eigenvalue weighted by atomic mass is 16.6. The van der Waals surface area contributed by atoms with E-state index in [-0.39, 0.29) is 24.0 Å². The lowest BCUT2D eigenvalue weighted by Crippen LogP contribution is -2.48. The summed E-state index contributed by atoms with van der Waals surface area (Å²) in [7, 11) is 1.35. The normalized spacial score (nSPS) is 18.4. The van der Waals surface area contributed by atoms with Crippen LogP contribution < -0.4 is 15.4 Å². The minimum Gasteiger partial charge on any atom is -0.490 e. The van der Waals surface area contributed by atoms with E-state index in [1.54, 1.807) is 6.07 Å². The molecule has 1 aliphatic heterocycles. The number of methoxy groups -OCH3 is 1. The standard InChI is InChI=1S/C12H15N3O5/c1-19-11-3-2-8(6-10(11)15(17)18)14-12(16)9-7-20-5-4-13-9/h2-3,6,9,13H,4-5,7H2,1H3,(H,14,16). The van der Waals surface area contributed by atoms with Crippen molar-refractivity contribution in [2.75, 3.05) is 32.2 Å². The Morgan fingerprint density at radius 3 is 3.00 bits per heavy atom. The Hall–Kier alpha value is -2.19. The van der Waals surface area contributed by atoms with E-state index in [0.29, 0.717) is 18.8 Å². The third kappa shape index (κ3) is 3.22. The largest absolute Gasteiger partial charge is 0.490 e. The van der Waals surface area contributed by atoms with Gasteiger partial charge in [-0.05, 0) is 12.1 Å². The molecule has 0 spiro atoms. The fourth-order valence-electron chi connectivity index (χ4n) is 1.87. The van der Waals surface area contributed by atoms with Gasteiger partial charge in [-0.15, -0.1) is 0 Å². The first-order valence-corrected chi connectivity index (χ1v) is 6.06. The minimum absolute atomic E-state index is 0.145. The molecule has 0 aliphatic carbocycles. The highest BCUT2D eigenvalue weighted by Crippen LogP contribution is 2.29. The summed E-state index contributed by atoms with van der Waals surface area (Å²) in [6.45, 7) is 1.45. The van der Waals surface area contributed by atoms with E-state index in [2.05, 4.69) is 10.6 Å². The third-order valence-corrected chi connectivity index (χ3v) is 2.88. The van der Waals surface area contributed by atoms with Crippen molar-refractivity contribution in [2.24, 2.45) is 0 Å². The SMILES string of the molecule is COc1ccc(NC(=O)C2COCCN2)cc1[N+](=O)[O-]. The van der Waals surface area contributed by atoms with Gasteiger partial charge in [-0.3, -0.25) is 14.9 Å². The van der Waals surface area contributed by atoms with Gasteiger partial charge in [0, 0.05) is 18.3 Å². The third-order valence-electron chi connectivity index (χ3n) is 2.88. The summed E-state index contributed by atoms with van der Waals surface area (Å²) in [6, 6.07) is 3.80. The highest BCUT2D eigenvalue weighted by molar-refractivity contribution is 5.95. The number of amides is 1. The maximum absolute atomic E-state index is 11.9. The van der Waals surface area contributed by atoms with Crippen LogP contribution in [0.15, 0.2) is 18.2 Å². The van der Waals surface area contributed by atoms with Gasteiger partial charge in [0.25, 0.3) is 0 Å². The molecule has 1 amide bonds. The van der Waals surface area contributed by atoms with E-state index in [1.165, 1.54) is 19.2 Å². The van der Waals surface area contributed by atoms with Crippen molar-refractivity contribution in [3.63, 3.8) is 0 Å². The lowest BCUT2D eigenvalue weighted by Gasteiger charge is -2.22. The first kappa shape index (κ1) is 14.2. The molecule has 20 heavy (non-hydrogen) atoms. The Bertz CT molecular complexity index is 514. The molecule has 1 aromatic carbocycles. The summed E-state index contributed by atoms with van der Waals surface area (Å²) in [5.74, 6) is -0.142. The fourth-order valence-corrected chi connectivity index (χ4v) is 1.87. The van der Waals surface area contributed by atoms with Crippen molar-refractivity contribution < 1.29 is 19.2 Å². The summed E-state index contributed by atoms with van der Waals surface area (Å²) in [5, 5.41) is 16.5. The van der Waals surface area contributed by atoms with E-state index >= 15 is 0 Å². The van der Waals surface area contributed by atoms with Gasteiger partial charge in [-0.1, -0.05) is 0 Å². The molecule has 2 N–H and O–H groups in total. The second-order valence-corrected chi connectivity index (χ2v) is 4.21. The average molecular weight is 281 g/mol. The molecule has 8 nitrogen and oxygen atoms in total. The smallest absolute Gasteiger partial charge is 0.312 e. The van der Waals surface area contributed by atoms with Gasteiger partial charge in [0.05, 0.1) is 25.2 Å². The van der Waals surface area contributed by atoms with Gasteiger partial charge in [0.1, 0.15) is 6.04 Å². The van der Waals surface area contributed by atoms with Crippen LogP contribution in [-0.2, 0) is 9.53 Å². The monoisotopic (exact) mass is 281 g/mol. The Balaban J connectivity index is 2.10. The predicted molar refractivity (Wildman–Crippen MR) is 70.9 cm³/mol. The first-order chi connectivity index (χ1) is 9.61. The second-order valence-electron chi connectivity index (χ2n) is 4.21. The maximum Gasteiger partial charge on any atom is 0.312 e. The summed E-state index contributed by atoms with van der Waals surface area (Å²) in [4.78, 5) is 22.3. The summed E-state index contributed by atoms with van der Waals surface area (Å²) >= 11 is 0. The molecule has 1 aromatic rings. The first-order valence-electron chi connectivity index (χ1n) is 6.06. The van der Waals surface area contributed by atoms with E-state index in [9.17, 15) is 14.9 Å². The van der Waals surface area contributed by atoms with Crippen LogP contribution in [0.4, 0.5) is 11.4 Å². The number of nitrogens with zero attached hydrogens (tertiary/aromatic N) is 1. The molecule has 1 heterocycles. The second kappa shape index (κ2) is 6.31. The predicted octanol–water partition coefficient (Wildman–Crippen LogP) is 0.530. The van der Waals surface area contributed by atoms with Crippen molar-refractivity contribution in [3.8, 4) is 5.75 Å². The highest BCUT2D eigenvalue weighted by Gasteiger charge is 2.22. The van der Waals surface area contributed by atoms with Gasteiger partial charge in [-0.2, -0.15) is 0 Å². The Kier molecular flexibility index (Phi) is 4.49. The fraction of sp³-hybridized carbons (Fsp3) is 0.417. The molecule has 1 saturated heterocycles. The maximum atomic E-state index is 11.9. The van der Waals surface area contributed by atoms with Crippen molar-refractivity contribution >= 4 is 17.3 Å². The minimum atomic E-state index is -0.559. The molecule has 1 aliphatic rings. The molecular weight excluding hydrogens is 266 g/mol. The molecular formula is C12H15N3O5. The van der Waals surface area contributed by atoms with E-state index in [1.807, 2.05) is 0 Å². The Morgan fingerprint density at radius 1 is 1.60 bits per heavy atom. The zero-order chi connectivity index (χ0) is 14.5. The molecule has 0 radical (unpaired) electrons. The van der Waals surface area contributed by atoms with Crippen molar-refractivity contribution in [1.82, 2.24) is 5.32 Å². The van der Waals surface area contributed by atoms with Crippen molar-refractivity contribution in [1.29, 1.82) is 0 Å². The van der Waals surface area contributed by atoms with E-state index < -0.39 is 11.0 Å². The number of nitro groups is 1. The van der Waals surface area contributed by atoms with Gasteiger partial charge in [-0.25, -0.2) is 0 Å². The van der Waals surface area contributed by atoms with Crippen LogP contribution in [0.25, 0.3) is 0 Å². The molecule has 1 unspecified atom stereocenters. The molecule has 1 atom stereocenters. The Labute approximate surface area is 115 Å². The molecule has 108 valence electrons. The van der Waals surface area contributed by atoms with Gasteiger partial charge in [0.2, 0.25) is 5.91 Å². The molecule has 2 rings (SSSR count). The summed E-state index contributed by atoms with van der Waals surface area (Å²) in [6.07, 6.45) is 0. The topological polar surface area (TPSA) is 103 Å². The quantitative estimate of drug-likeness (QED) is 0.616. The molecule has 8 heteroatoms. The number of anilines is 1. The van der Waals surface area contributed by atoms with Crippen LogP contribution in [0.3, 0.4) is 0 Å². The number of rotatable bonds is 4. The number of nitro benzene ring substituents is 1. The zero-order valence-corrected chi connectivity index (χ0v) is 10.9. The number of ether oxygens (including phenoxy) is 2. The molecule has 1 fully saturated rings. The van der Waals surface area contributed by atoms with Crippen LogP contribution in [0.5, 0.6) is 5.75 Å². The number of morpholine rings is 1. The van der Waals surface area contributed by atoms with Crippen molar-refractivity contribution in [2.45, 2.75) is 6.04 Å². The van der Waals surface area contributed by atoms with Gasteiger partial charge in [0.15, 0.2) is 5.75 Å². The van der Waals surface area contributed by atoms with Gasteiger partial charge < -0.3 is 20.1 Å². The van der Waals surface area contributed by atoms with E-state index in [4.69, 9.17) is 9.47 Å². The average Bonchev–Trinajstić information content (AvgIpc) is 2.48. The lowest BCUT2D eigenvalue weighted by atomic mass is 10.2. The number of hydrogen-bond donors (Lipinski definition) is 2. The zero-order valence-electron chi connectivity index (χ0n) is 10.9. The lowest BCUT2D eigenvalue weighted by molar-refractivity contribution is -0.385. The number of carbonyl (C=O) groups excluding carboxylic acids is 1. The number of benzene rings is 1. The van der Waals surface area contributed by atoms with Crippen LogP contribution in [0.2, 0.25) is 0 Å². The molecule has 0 bridgehead atoms. The van der Waals surface area contributed by atoms with Gasteiger partial charge >= 0.3 is 5.69 Å². The number of nitrogens with one attached hydrogen (secondary N) is 2. The summed E-state index contributed by atoms with van der Waals surface area (Å²) in [5.41, 5.74) is 0.146. The number of hydrogen-bond acceptors (Lipinski definition) is 6. The number of carbonyl (C=O) groups is 1. The molecule has 0 aromatic heterocycles. The van der Waals surface area contributed by atoms with Crippen LogP contribution in [0.1, 0.15) is 0 Å².